The van der Waals surface area contributed by atoms with E-state index in [2.05, 4.69) is 17.2 Å². The van der Waals surface area contributed by atoms with E-state index in [0.717, 1.165) is 35.6 Å². The summed E-state index contributed by atoms with van der Waals surface area (Å²) in [5, 5.41) is 5.31. The summed E-state index contributed by atoms with van der Waals surface area (Å²) in [5.41, 5.74) is 2.31. The molecule has 0 bridgehead atoms. The fourth-order valence-corrected chi connectivity index (χ4v) is 3.17. The van der Waals surface area contributed by atoms with Gasteiger partial charge in [0.15, 0.2) is 5.13 Å². The van der Waals surface area contributed by atoms with Gasteiger partial charge in [-0.05, 0) is 42.8 Å². The molecule has 0 aliphatic heterocycles. The molecule has 1 amide bonds. The van der Waals surface area contributed by atoms with E-state index in [9.17, 15) is 4.79 Å². The number of carbonyl (C=O) groups excluding carboxylic acids is 1. The summed E-state index contributed by atoms with van der Waals surface area (Å²) < 4.78 is 10.9. The van der Waals surface area contributed by atoms with E-state index >= 15 is 0 Å². The molecule has 0 saturated heterocycles. The molecule has 0 atom stereocenters. The van der Waals surface area contributed by atoms with E-state index in [4.69, 9.17) is 9.47 Å². The largest absolute Gasteiger partial charge is 0.497 e. The Morgan fingerprint density at radius 1 is 1.15 bits per heavy atom. The third-order valence-corrected chi connectivity index (χ3v) is 4.73. The highest BCUT2D eigenvalue weighted by molar-refractivity contribution is 7.14. The average molecular weight is 382 g/mol. The monoisotopic (exact) mass is 382 g/mol. The molecule has 1 N–H and O–H groups in total. The summed E-state index contributed by atoms with van der Waals surface area (Å²) >= 11 is 1.39. The predicted molar refractivity (Wildman–Crippen MR) is 109 cm³/mol. The quantitative estimate of drug-likeness (QED) is 0.541. The Labute approximate surface area is 163 Å². The number of nitrogens with one attached hydrogen (secondary N) is 1. The molecule has 0 radical (unpaired) electrons. The third-order valence-electron chi connectivity index (χ3n) is 3.97. The number of amides is 1. The third kappa shape index (κ3) is 5.08. The van der Waals surface area contributed by atoms with Gasteiger partial charge in [0.05, 0.1) is 19.4 Å². The number of hydrogen-bond donors (Lipinski definition) is 1. The molecule has 3 aromatic rings. The van der Waals surface area contributed by atoms with Crippen molar-refractivity contribution in [2.45, 2.75) is 19.8 Å². The van der Waals surface area contributed by atoms with E-state index in [1.807, 2.05) is 41.8 Å². The second-order valence-electron chi connectivity index (χ2n) is 5.95. The molecule has 0 aliphatic rings. The normalized spacial score (nSPS) is 10.4. The van der Waals surface area contributed by atoms with Gasteiger partial charge in [-0.1, -0.05) is 25.5 Å². The Morgan fingerprint density at radius 2 is 1.96 bits per heavy atom. The van der Waals surface area contributed by atoms with Crippen molar-refractivity contribution in [3.63, 3.8) is 0 Å². The smallest absolute Gasteiger partial charge is 0.257 e. The Bertz CT molecular complexity index is 890. The van der Waals surface area contributed by atoms with E-state index in [-0.39, 0.29) is 5.91 Å². The molecular formula is C21H22N2O3S. The van der Waals surface area contributed by atoms with Gasteiger partial charge >= 0.3 is 0 Å². The van der Waals surface area contributed by atoms with Crippen LogP contribution in [-0.4, -0.2) is 24.6 Å². The maximum Gasteiger partial charge on any atom is 0.257 e. The first-order valence-corrected chi connectivity index (χ1v) is 9.71. The first-order chi connectivity index (χ1) is 13.2. The number of nitrogens with zero attached hydrogens (tertiary/aromatic N) is 1. The van der Waals surface area contributed by atoms with Crippen molar-refractivity contribution in [1.82, 2.24) is 4.98 Å². The van der Waals surface area contributed by atoms with Gasteiger partial charge in [0.2, 0.25) is 0 Å². The van der Waals surface area contributed by atoms with E-state index < -0.39 is 0 Å². The number of aromatic nitrogens is 1. The van der Waals surface area contributed by atoms with Crippen LogP contribution in [0.25, 0.3) is 11.3 Å². The van der Waals surface area contributed by atoms with Gasteiger partial charge in [0.1, 0.15) is 11.5 Å². The van der Waals surface area contributed by atoms with Gasteiger partial charge < -0.3 is 9.47 Å². The van der Waals surface area contributed by atoms with Crippen molar-refractivity contribution in [2.24, 2.45) is 0 Å². The van der Waals surface area contributed by atoms with Crippen molar-refractivity contribution in [3.8, 4) is 22.8 Å². The Morgan fingerprint density at radius 3 is 2.70 bits per heavy atom. The highest BCUT2D eigenvalue weighted by Gasteiger charge is 2.11. The maximum atomic E-state index is 12.4. The van der Waals surface area contributed by atoms with Crippen molar-refractivity contribution in [3.05, 3.63) is 59.5 Å². The van der Waals surface area contributed by atoms with Crippen molar-refractivity contribution >= 4 is 22.4 Å². The minimum absolute atomic E-state index is 0.193. The standard InChI is InChI=1S/C21H22N2O3S/c1-3-4-12-26-17-10-8-15(9-11-17)20(24)23-21-22-19(14-27-21)16-6-5-7-18(13-16)25-2/h5-11,13-14H,3-4,12H2,1-2H3,(H,22,23,24). The van der Waals surface area contributed by atoms with Crippen LogP contribution in [0.5, 0.6) is 11.5 Å². The van der Waals surface area contributed by atoms with Crippen LogP contribution in [0, 0.1) is 0 Å². The lowest BCUT2D eigenvalue weighted by atomic mass is 10.2. The maximum absolute atomic E-state index is 12.4. The molecule has 6 heteroatoms. The molecule has 5 nitrogen and oxygen atoms in total. The molecule has 0 fully saturated rings. The number of methoxy groups -OCH3 is 1. The summed E-state index contributed by atoms with van der Waals surface area (Å²) in [7, 11) is 1.63. The molecule has 2 aromatic carbocycles. The van der Waals surface area contributed by atoms with Crippen LogP contribution in [0.3, 0.4) is 0 Å². The summed E-state index contributed by atoms with van der Waals surface area (Å²) in [6.45, 7) is 2.81. The van der Waals surface area contributed by atoms with E-state index in [1.165, 1.54) is 11.3 Å². The van der Waals surface area contributed by atoms with E-state index in [0.29, 0.717) is 17.3 Å². The molecule has 1 heterocycles. The molecular weight excluding hydrogens is 360 g/mol. The number of anilines is 1. The Kier molecular flexibility index (Phi) is 6.44. The van der Waals surface area contributed by atoms with Crippen molar-refractivity contribution < 1.29 is 14.3 Å². The Hall–Kier alpha value is -2.86. The zero-order chi connectivity index (χ0) is 19.1. The first kappa shape index (κ1) is 18.9. The predicted octanol–water partition coefficient (Wildman–Crippen LogP) is 5.25. The van der Waals surface area contributed by atoms with Gasteiger partial charge in [-0.15, -0.1) is 11.3 Å². The van der Waals surface area contributed by atoms with Crippen LogP contribution in [-0.2, 0) is 0 Å². The van der Waals surface area contributed by atoms with Crippen LogP contribution in [0.1, 0.15) is 30.1 Å². The topological polar surface area (TPSA) is 60.5 Å². The molecule has 0 unspecified atom stereocenters. The zero-order valence-corrected chi connectivity index (χ0v) is 16.2. The number of thiazole rings is 1. The van der Waals surface area contributed by atoms with Gasteiger partial charge in [-0.2, -0.15) is 0 Å². The van der Waals surface area contributed by atoms with Crippen LogP contribution in [0.15, 0.2) is 53.9 Å². The Balaban J connectivity index is 1.63. The number of hydrogen-bond acceptors (Lipinski definition) is 5. The SMILES string of the molecule is CCCCOc1ccc(C(=O)Nc2nc(-c3cccc(OC)c3)cs2)cc1. The molecule has 1 aromatic heterocycles. The molecule has 3 rings (SSSR count). The minimum atomic E-state index is -0.193. The van der Waals surface area contributed by atoms with Gasteiger partial charge in [0, 0.05) is 16.5 Å². The lowest BCUT2D eigenvalue weighted by Crippen LogP contribution is -2.11. The second kappa shape index (κ2) is 9.19. The van der Waals surface area contributed by atoms with Gasteiger partial charge in [0.25, 0.3) is 5.91 Å². The minimum Gasteiger partial charge on any atom is -0.497 e. The number of benzene rings is 2. The summed E-state index contributed by atoms with van der Waals surface area (Å²) in [6, 6.07) is 14.8. The summed E-state index contributed by atoms with van der Waals surface area (Å²) in [5.74, 6) is 1.35. The van der Waals surface area contributed by atoms with Crippen molar-refractivity contribution in [1.29, 1.82) is 0 Å². The summed E-state index contributed by atoms with van der Waals surface area (Å²) in [6.07, 6.45) is 2.11. The number of rotatable bonds is 8. The number of ether oxygens (including phenoxy) is 2. The first-order valence-electron chi connectivity index (χ1n) is 8.83. The lowest BCUT2D eigenvalue weighted by molar-refractivity contribution is 0.102. The van der Waals surface area contributed by atoms with Crippen LogP contribution < -0.4 is 14.8 Å². The van der Waals surface area contributed by atoms with Crippen LogP contribution in [0.2, 0.25) is 0 Å². The lowest BCUT2D eigenvalue weighted by Gasteiger charge is -2.06. The van der Waals surface area contributed by atoms with E-state index in [1.54, 1.807) is 19.2 Å². The molecule has 140 valence electrons. The molecule has 0 saturated carbocycles. The molecule has 0 aliphatic carbocycles. The fraction of sp³-hybridized carbons (Fsp3) is 0.238. The highest BCUT2D eigenvalue weighted by Crippen LogP contribution is 2.27. The summed E-state index contributed by atoms with van der Waals surface area (Å²) in [4.78, 5) is 16.9. The van der Waals surface area contributed by atoms with Crippen LogP contribution in [0.4, 0.5) is 5.13 Å². The fourth-order valence-electron chi connectivity index (χ4n) is 2.45. The second-order valence-corrected chi connectivity index (χ2v) is 6.81. The zero-order valence-electron chi connectivity index (χ0n) is 15.4. The number of unbranched alkanes of at least 4 members (excludes halogenated alkanes) is 1. The van der Waals surface area contributed by atoms with Gasteiger partial charge in [-0.3, -0.25) is 10.1 Å². The molecule has 27 heavy (non-hydrogen) atoms. The van der Waals surface area contributed by atoms with Gasteiger partial charge in [-0.25, -0.2) is 4.98 Å². The molecule has 0 spiro atoms. The highest BCUT2D eigenvalue weighted by atomic mass is 32.1. The number of carbonyl (C=O) groups is 1. The van der Waals surface area contributed by atoms with Crippen LogP contribution >= 0.6 is 11.3 Å². The average Bonchev–Trinajstić information content (AvgIpc) is 3.17. The van der Waals surface area contributed by atoms with Crippen molar-refractivity contribution in [2.75, 3.05) is 19.0 Å².